The van der Waals surface area contributed by atoms with E-state index in [0.717, 1.165) is 11.8 Å². The van der Waals surface area contributed by atoms with Gasteiger partial charge in [-0.15, -0.1) is 0 Å². The molecule has 0 saturated carbocycles. The maximum absolute atomic E-state index is 12.5. The number of nitrogens with zero attached hydrogens (tertiary/aromatic N) is 1. The predicted molar refractivity (Wildman–Crippen MR) is 92.1 cm³/mol. The van der Waals surface area contributed by atoms with Gasteiger partial charge in [-0.25, -0.2) is 8.42 Å². The summed E-state index contributed by atoms with van der Waals surface area (Å²) >= 11 is 0. The van der Waals surface area contributed by atoms with Crippen molar-refractivity contribution < 1.29 is 17.9 Å². The molecule has 6 nitrogen and oxygen atoms in total. The maximum atomic E-state index is 12.5. The van der Waals surface area contributed by atoms with Crippen molar-refractivity contribution >= 4 is 21.6 Å². The van der Waals surface area contributed by atoms with Gasteiger partial charge in [0.2, 0.25) is 15.9 Å². The lowest BCUT2D eigenvalue weighted by Gasteiger charge is -2.31. The molecule has 0 bridgehead atoms. The second-order valence-corrected chi connectivity index (χ2v) is 7.54. The smallest absolute Gasteiger partial charge is 0.244 e. The SMILES string of the molecule is CC[C@@H](C(=O)N[C@H](C)COC)N(c1ccc(C)cc1)S(C)(=O)=O. The van der Waals surface area contributed by atoms with Gasteiger partial charge in [-0.1, -0.05) is 24.6 Å². The number of anilines is 1. The Morgan fingerprint density at radius 1 is 1.30 bits per heavy atom. The molecule has 2 atom stereocenters. The Labute approximate surface area is 138 Å². The summed E-state index contributed by atoms with van der Waals surface area (Å²) in [5.41, 5.74) is 1.51. The molecule has 1 rings (SSSR count). The predicted octanol–water partition coefficient (Wildman–Crippen LogP) is 1.69. The quantitative estimate of drug-likeness (QED) is 0.780. The summed E-state index contributed by atoms with van der Waals surface area (Å²) in [7, 11) is -2.04. The molecule has 0 radical (unpaired) electrons. The molecule has 0 aliphatic heterocycles. The largest absolute Gasteiger partial charge is 0.383 e. The van der Waals surface area contributed by atoms with Gasteiger partial charge in [-0.2, -0.15) is 0 Å². The van der Waals surface area contributed by atoms with Gasteiger partial charge in [0, 0.05) is 13.2 Å². The van der Waals surface area contributed by atoms with Crippen molar-refractivity contribution in [1.82, 2.24) is 5.32 Å². The van der Waals surface area contributed by atoms with E-state index in [1.165, 1.54) is 4.31 Å². The first kappa shape index (κ1) is 19.4. The number of carbonyl (C=O) groups is 1. The summed E-state index contributed by atoms with van der Waals surface area (Å²) in [6, 6.07) is 6.08. The monoisotopic (exact) mass is 342 g/mol. The summed E-state index contributed by atoms with van der Waals surface area (Å²) < 4.78 is 30.7. The Kier molecular flexibility index (Phi) is 7.02. The van der Waals surface area contributed by atoms with Crippen LogP contribution in [0.4, 0.5) is 5.69 Å². The van der Waals surface area contributed by atoms with E-state index in [4.69, 9.17) is 4.74 Å². The van der Waals surface area contributed by atoms with Crippen LogP contribution in [0.5, 0.6) is 0 Å². The molecule has 130 valence electrons. The number of aryl methyl sites for hydroxylation is 1. The van der Waals surface area contributed by atoms with E-state index in [1.54, 1.807) is 26.2 Å². The third kappa shape index (κ3) is 5.51. The van der Waals surface area contributed by atoms with Crippen LogP contribution in [0.15, 0.2) is 24.3 Å². The summed E-state index contributed by atoms with van der Waals surface area (Å²) in [5.74, 6) is -0.331. The van der Waals surface area contributed by atoms with Crippen molar-refractivity contribution in [2.24, 2.45) is 0 Å². The first-order chi connectivity index (χ1) is 10.7. The van der Waals surface area contributed by atoms with Crippen LogP contribution in [0.1, 0.15) is 25.8 Å². The lowest BCUT2D eigenvalue weighted by molar-refractivity contribution is -0.123. The van der Waals surface area contributed by atoms with Gasteiger partial charge in [0.1, 0.15) is 6.04 Å². The highest BCUT2D eigenvalue weighted by molar-refractivity contribution is 7.92. The second-order valence-electron chi connectivity index (χ2n) is 5.68. The highest BCUT2D eigenvalue weighted by Crippen LogP contribution is 2.23. The lowest BCUT2D eigenvalue weighted by Crippen LogP contribution is -2.51. The van der Waals surface area contributed by atoms with E-state index in [2.05, 4.69) is 5.32 Å². The summed E-state index contributed by atoms with van der Waals surface area (Å²) in [5, 5.41) is 2.80. The molecule has 1 N–H and O–H groups in total. The normalized spacial score (nSPS) is 14.1. The van der Waals surface area contributed by atoms with Crippen LogP contribution < -0.4 is 9.62 Å². The number of sulfonamides is 1. The van der Waals surface area contributed by atoms with E-state index in [0.29, 0.717) is 18.7 Å². The number of rotatable bonds is 8. The van der Waals surface area contributed by atoms with Gasteiger partial charge >= 0.3 is 0 Å². The van der Waals surface area contributed by atoms with Crippen LogP contribution in [0.25, 0.3) is 0 Å². The molecule has 1 aromatic rings. The molecule has 1 amide bonds. The third-order valence-corrected chi connectivity index (χ3v) is 4.60. The number of hydrogen-bond donors (Lipinski definition) is 1. The minimum Gasteiger partial charge on any atom is -0.383 e. The van der Waals surface area contributed by atoms with Crippen LogP contribution in [0.2, 0.25) is 0 Å². The first-order valence-corrected chi connectivity index (χ1v) is 9.40. The van der Waals surface area contributed by atoms with Crippen molar-refractivity contribution in [1.29, 1.82) is 0 Å². The third-order valence-electron chi connectivity index (χ3n) is 3.42. The summed E-state index contributed by atoms with van der Waals surface area (Å²) in [6.07, 6.45) is 1.48. The number of nitrogens with one attached hydrogen (secondary N) is 1. The Morgan fingerprint density at radius 2 is 1.87 bits per heavy atom. The van der Waals surface area contributed by atoms with Gasteiger partial charge in [0.25, 0.3) is 0 Å². The number of hydrogen-bond acceptors (Lipinski definition) is 4. The number of amides is 1. The van der Waals surface area contributed by atoms with Gasteiger partial charge in [0.15, 0.2) is 0 Å². The van der Waals surface area contributed by atoms with Crippen molar-refractivity contribution in [3.05, 3.63) is 29.8 Å². The van der Waals surface area contributed by atoms with Crippen LogP contribution in [-0.4, -0.2) is 46.4 Å². The molecule has 0 aliphatic rings. The van der Waals surface area contributed by atoms with Crippen LogP contribution >= 0.6 is 0 Å². The maximum Gasteiger partial charge on any atom is 0.244 e. The molecule has 7 heteroatoms. The fraction of sp³-hybridized carbons (Fsp3) is 0.562. The number of carbonyl (C=O) groups excluding carboxylic acids is 1. The average Bonchev–Trinajstić information content (AvgIpc) is 2.44. The summed E-state index contributed by atoms with van der Waals surface area (Å²) in [6.45, 7) is 5.89. The van der Waals surface area contributed by atoms with E-state index in [9.17, 15) is 13.2 Å². The zero-order valence-electron chi connectivity index (χ0n) is 14.4. The minimum absolute atomic E-state index is 0.194. The number of ether oxygens (including phenoxy) is 1. The topological polar surface area (TPSA) is 75.7 Å². The molecule has 23 heavy (non-hydrogen) atoms. The zero-order valence-corrected chi connectivity index (χ0v) is 15.2. The van der Waals surface area contributed by atoms with Gasteiger partial charge in [-0.3, -0.25) is 9.10 Å². The molecule has 0 unspecified atom stereocenters. The van der Waals surface area contributed by atoms with Gasteiger partial charge in [-0.05, 0) is 32.4 Å². The molecule has 0 saturated heterocycles. The molecule has 0 fully saturated rings. The highest BCUT2D eigenvalue weighted by atomic mass is 32.2. The molecule has 0 spiro atoms. The molecular weight excluding hydrogens is 316 g/mol. The molecule has 0 aliphatic carbocycles. The average molecular weight is 342 g/mol. The zero-order chi connectivity index (χ0) is 17.6. The van der Waals surface area contributed by atoms with E-state index in [1.807, 2.05) is 26.0 Å². The fourth-order valence-electron chi connectivity index (χ4n) is 2.38. The molecular formula is C16H26N2O4S. The second kappa shape index (κ2) is 8.31. The molecule has 1 aromatic carbocycles. The number of benzene rings is 1. The Hall–Kier alpha value is -1.60. The van der Waals surface area contributed by atoms with Crippen LogP contribution in [-0.2, 0) is 19.6 Å². The van der Waals surface area contributed by atoms with Gasteiger partial charge in [0.05, 0.1) is 18.6 Å². The standard InChI is InChI=1S/C16H26N2O4S/c1-6-15(16(19)17-13(3)11-22-4)18(23(5,20)21)14-9-7-12(2)8-10-14/h7-10,13,15H,6,11H2,1-5H3,(H,17,19)/t13-,15+/m1/s1. The van der Waals surface area contributed by atoms with Crippen molar-refractivity contribution in [2.45, 2.75) is 39.3 Å². The minimum atomic E-state index is -3.59. The fourth-order valence-corrected chi connectivity index (χ4v) is 3.59. The molecule has 0 heterocycles. The van der Waals surface area contributed by atoms with E-state index >= 15 is 0 Å². The highest BCUT2D eigenvalue weighted by Gasteiger charge is 2.31. The summed E-state index contributed by atoms with van der Waals surface area (Å²) in [4.78, 5) is 12.5. The van der Waals surface area contributed by atoms with E-state index in [-0.39, 0.29) is 11.9 Å². The Balaban J connectivity index is 3.13. The Bertz CT molecular complexity index is 613. The Morgan fingerprint density at radius 3 is 2.30 bits per heavy atom. The van der Waals surface area contributed by atoms with Crippen LogP contribution in [0.3, 0.4) is 0 Å². The lowest BCUT2D eigenvalue weighted by atomic mass is 10.1. The van der Waals surface area contributed by atoms with Crippen molar-refractivity contribution in [2.75, 3.05) is 24.3 Å². The van der Waals surface area contributed by atoms with Gasteiger partial charge < -0.3 is 10.1 Å². The first-order valence-electron chi connectivity index (χ1n) is 7.56. The van der Waals surface area contributed by atoms with E-state index < -0.39 is 16.1 Å². The van der Waals surface area contributed by atoms with Crippen molar-refractivity contribution in [3.8, 4) is 0 Å². The van der Waals surface area contributed by atoms with Crippen LogP contribution in [0, 0.1) is 6.92 Å². The number of methoxy groups -OCH3 is 1. The van der Waals surface area contributed by atoms with Crippen molar-refractivity contribution in [3.63, 3.8) is 0 Å². The molecule has 0 aromatic heterocycles.